The van der Waals surface area contributed by atoms with Crippen LogP contribution >= 0.6 is 0 Å². The molecule has 100 valence electrons. The third kappa shape index (κ3) is 2.41. The summed E-state index contributed by atoms with van der Waals surface area (Å²) in [6, 6.07) is 2.08. The van der Waals surface area contributed by atoms with Gasteiger partial charge in [0.1, 0.15) is 5.69 Å². The lowest BCUT2D eigenvalue weighted by molar-refractivity contribution is 0.0661. The number of hydrogen-bond acceptors (Lipinski definition) is 3. The van der Waals surface area contributed by atoms with Crippen molar-refractivity contribution in [1.82, 2.24) is 14.7 Å². The first-order valence-corrected chi connectivity index (χ1v) is 6.54. The predicted molar refractivity (Wildman–Crippen MR) is 70.3 cm³/mol. The number of aromatic nitrogens is 2. The number of carbonyl (C=O) groups is 1. The van der Waals surface area contributed by atoms with Crippen LogP contribution in [-0.4, -0.2) is 39.7 Å². The van der Waals surface area contributed by atoms with Gasteiger partial charge in [-0.05, 0) is 25.8 Å². The summed E-state index contributed by atoms with van der Waals surface area (Å²) in [7, 11) is 3.65. The maximum absolute atomic E-state index is 12.4. The van der Waals surface area contributed by atoms with Crippen molar-refractivity contribution in [2.24, 2.45) is 12.8 Å². The molecule has 0 radical (unpaired) electrons. The number of carbonyl (C=O) groups excluding carboxylic acids is 1. The molecule has 5 heteroatoms. The van der Waals surface area contributed by atoms with Crippen LogP contribution in [0.15, 0.2) is 6.07 Å². The number of nitrogens with zero attached hydrogens (tertiary/aromatic N) is 3. The van der Waals surface area contributed by atoms with Crippen molar-refractivity contribution in [3.63, 3.8) is 0 Å². The predicted octanol–water partition coefficient (Wildman–Crippen LogP) is 1.07. The van der Waals surface area contributed by atoms with E-state index in [2.05, 4.69) is 5.10 Å². The molecule has 18 heavy (non-hydrogen) atoms. The van der Waals surface area contributed by atoms with E-state index in [1.54, 1.807) is 16.6 Å². The highest BCUT2D eigenvalue weighted by atomic mass is 16.2. The lowest BCUT2D eigenvalue weighted by atomic mass is 9.90. The van der Waals surface area contributed by atoms with Crippen LogP contribution in [0.1, 0.15) is 41.9 Å². The Morgan fingerprint density at radius 1 is 1.50 bits per heavy atom. The number of likely N-dealkylation sites (N-methyl/N-ethyl adjacent to an activating group) is 1. The summed E-state index contributed by atoms with van der Waals surface area (Å²) in [6.45, 7) is 1.89. The van der Waals surface area contributed by atoms with Crippen LogP contribution < -0.4 is 5.73 Å². The van der Waals surface area contributed by atoms with Crippen molar-refractivity contribution in [2.45, 2.75) is 44.7 Å². The summed E-state index contributed by atoms with van der Waals surface area (Å²) in [6.07, 6.45) is 4.33. The Balaban J connectivity index is 2.15. The Bertz CT molecular complexity index is 440. The summed E-state index contributed by atoms with van der Waals surface area (Å²) in [5, 5.41) is 4.22. The van der Waals surface area contributed by atoms with Crippen molar-refractivity contribution in [2.75, 3.05) is 7.05 Å². The average Bonchev–Trinajstić information content (AvgIpc) is 2.67. The molecule has 0 aliphatic heterocycles. The fraction of sp³-hybridized carbons (Fsp3) is 0.692. The van der Waals surface area contributed by atoms with Crippen molar-refractivity contribution < 1.29 is 4.79 Å². The summed E-state index contributed by atoms with van der Waals surface area (Å²) in [5.74, 6) is 0.0143. The molecule has 0 saturated heterocycles. The van der Waals surface area contributed by atoms with E-state index in [9.17, 15) is 4.79 Å². The van der Waals surface area contributed by atoms with Gasteiger partial charge in [-0.2, -0.15) is 5.10 Å². The molecule has 1 heterocycles. The van der Waals surface area contributed by atoms with Gasteiger partial charge in [0.25, 0.3) is 5.91 Å². The zero-order valence-electron chi connectivity index (χ0n) is 11.4. The minimum atomic E-state index is 0.0143. The Labute approximate surface area is 108 Å². The molecule has 1 fully saturated rings. The Morgan fingerprint density at radius 3 is 2.72 bits per heavy atom. The zero-order chi connectivity index (χ0) is 13.3. The van der Waals surface area contributed by atoms with E-state index in [4.69, 9.17) is 5.73 Å². The number of amides is 1. The minimum absolute atomic E-state index is 0.0143. The fourth-order valence-corrected chi connectivity index (χ4v) is 2.76. The van der Waals surface area contributed by atoms with E-state index in [0.29, 0.717) is 5.69 Å². The number of aryl methyl sites for hydroxylation is 2. The van der Waals surface area contributed by atoms with Crippen LogP contribution in [0.2, 0.25) is 0 Å². The van der Waals surface area contributed by atoms with Crippen molar-refractivity contribution in [3.05, 3.63) is 17.5 Å². The molecule has 1 aromatic heterocycles. The maximum atomic E-state index is 12.4. The quantitative estimate of drug-likeness (QED) is 0.854. The smallest absolute Gasteiger partial charge is 0.272 e. The van der Waals surface area contributed by atoms with Gasteiger partial charge >= 0.3 is 0 Å². The lowest BCUT2D eigenvalue weighted by Crippen LogP contribution is -2.50. The van der Waals surface area contributed by atoms with Gasteiger partial charge < -0.3 is 10.6 Å². The first kappa shape index (κ1) is 13.1. The van der Waals surface area contributed by atoms with Crippen LogP contribution in [0.5, 0.6) is 0 Å². The third-order valence-corrected chi connectivity index (χ3v) is 3.82. The molecule has 5 nitrogen and oxygen atoms in total. The Morgan fingerprint density at radius 2 is 2.17 bits per heavy atom. The van der Waals surface area contributed by atoms with Gasteiger partial charge in [-0.25, -0.2) is 0 Å². The van der Waals surface area contributed by atoms with Crippen LogP contribution in [-0.2, 0) is 7.05 Å². The monoisotopic (exact) mass is 250 g/mol. The van der Waals surface area contributed by atoms with Crippen LogP contribution in [0.3, 0.4) is 0 Å². The topological polar surface area (TPSA) is 64.2 Å². The largest absolute Gasteiger partial charge is 0.336 e. The molecule has 0 aromatic carbocycles. The van der Waals surface area contributed by atoms with Gasteiger partial charge in [0.15, 0.2) is 0 Å². The highest BCUT2D eigenvalue weighted by Crippen LogP contribution is 2.22. The SMILES string of the molecule is Cc1cc(C(=O)N(C)C2CCCCC2N)n(C)n1. The van der Waals surface area contributed by atoms with E-state index in [0.717, 1.165) is 25.0 Å². The molecule has 1 aliphatic carbocycles. The van der Waals surface area contributed by atoms with E-state index < -0.39 is 0 Å². The molecule has 0 spiro atoms. The van der Waals surface area contributed by atoms with Gasteiger partial charge in [0.05, 0.1) is 5.69 Å². The van der Waals surface area contributed by atoms with Crippen LogP contribution in [0, 0.1) is 6.92 Å². The normalized spacial score (nSPS) is 24.0. The Kier molecular flexibility index (Phi) is 3.71. The van der Waals surface area contributed by atoms with E-state index in [1.165, 1.54) is 6.42 Å². The molecule has 2 unspecified atom stereocenters. The minimum Gasteiger partial charge on any atom is -0.336 e. The molecule has 1 aliphatic rings. The highest BCUT2D eigenvalue weighted by Gasteiger charge is 2.29. The molecule has 2 rings (SSSR count). The number of rotatable bonds is 2. The first-order valence-electron chi connectivity index (χ1n) is 6.54. The van der Waals surface area contributed by atoms with E-state index >= 15 is 0 Å². The van der Waals surface area contributed by atoms with Crippen molar-refractivity contribution >= 4 is 5.91 Å². The summed E-state index contributed by atoms with van der Waals surface area (Å²) < 4.78 is 1.64. The second kappa shape index (κ2) is 5.10. The molecule has 2 atom stereocenters. The standard InChI is InChI=1S/C13H22N4O/c1-9-8-12(17(3)15-9)13(18)16(2)11-7-5-4-6-10(11)14/h8,10-11H,4-7,14H2,1-3H3. The summed E-state index contributed by atoms with van der Waals surface area (Å²) in [5.41, 5.74) is 7.62. The molecule has 1 saturated carbocycles. The molecule has 0 bridgehead atoms. The second-order valence-electron chi connectivity index (χ2n) is 5.23. The molecular weight excluding hydrogens is 228 g/mol. The van der Waals surface area contributed by atoms with Gasteiger partial charge in [-0.1, -0.05) is 12.8 Å². The van der Waals surface area contributed by atoms with Crippen LogP contribution in [0.4, 0.5) is 0 Å². The molecular formula is C13H22N4O. The van der Waals surface area contributed by atoms with E-state index in [-0.39, 0.29) is 18.0 Å². The second-order valence-corrected chi connectivity index (χ2v) is 5.23. The highest BCUT2D eigenvalue weighted by molar-refractivity contribution is 5.92. The first-order chi connectivity index (χ1) is 8.50. The van der Waals surface area contributed by atoms with E-state index in [1.807, 2.05) is 20.0 Å². The van der Waals surface area contributed by atoms with Gasteiger partial charge in [-0.3, -0.25) is 9.48 Å². The average molecular weight is 250 g/mol. The maximum Gasteiger partial charge on any atom is 0.272 e. The molecule has 1 amide bonds. The van der Waals surface area contributed by atoms with Crippen LogP contribution in [0.25, 0.3) is 0 Å². The Hall–Kier alpha value is -1.36. The van der Waals surface area contributed by atoms with Crippen molar-refractivity contribution in [3.8, 4) is 0 Å². The third-order valence-electron chi connectivity index (χ3n) is 3.82. The summed E-state index contributed by atoms with van der Waals surface area (Å²) in [4.78, 5) is 14.2. The van der Waals surface area contributed by atoms with Crippen molar-refractivity contribution in [1.29, 1.82) is 0 Å². The van der Waals surface area contributed by atoms with Gasteiger partial charge in [0.2, 0.25) is 0 Å². The lowest BCUT2D eigenvalue weighted by Gasteiger charge is -2.35. The molecule has 2 N–H and O–H groups in total. The zero-order valence-corrected chi connectivity index (χ0v) is 11.4. The molecule has 1 aromatic rings. The van der Waals surface area contributed by atoms with Gasteiger partial charge in [-0.15, -0.1) is 0 Å². The fourth-order valence-electron chi connectivity index (χ4n) is 2.76. The number of nitrogens with two attached hydrogens (primary N) is 1. The summed E-state index contributed by atoms with van der Waals surface area (Å²) >= 11 is 0. The number of hydrogen-bond donors (Lipinski definition) is 1. The van der Waals surface area contributed by atoms with Gasteiger partial charge in [0, 0.05) is 26.2 Å².